The number of nitrogens with one attached hydrogen (secondary N) is 1. The highest BCUT2D eigenvalue weighted by Gasteiger charge is 2.13. The average molecular weight is 294 g/mol. The zero-order valence-corrected chi connectivity index (χ0v) is 13.0. The molecule has 19 heavy (non-hydrogen) atoms. The zero-order chi connectivity index (χ0) is 13.7. The first-order valence-corrected chi connectivity index (χ1v) is 7.98. The van der Waals surface area contributed by atoms with Crippen molar-refractivity contribution in [2.24, 2.45) is 0 Å². The smallest absolute Gasteiger partial charge is 0.0408 e. The molecule has 0 bridgehead atoms. The van der Waals surface area contributed by atoms with Crippen LogP contribution in [0.4, 0.5) is 0 Å². The van der Waals surface area contributed by atoms with Gasteiger partial charge in [-0.2, -0.15) is 0 Å². The van der Waals surface area contributed by atoms with Crippen molar-refractivity contribution in [2.45, 2.75) is 32.7 Å². The third-order valence-corrected chi connectivity index (χ3v) is 4.49. The second-order valence-electron chi connectivity index (χ2n) is 4.73. The van der Waals surface area contributed by atoms with Crippen molar-refractivity contribution >= 4 is 22.9 Å². The van der Waals surface area contributed by atoms with E-state index in [2.05, 4.69) is 42.7 Å². The molecule has 0 spiro atoms. The third-order valence-electron chi connectivity index (χ3n) is 3.32. The van der Waals surface area contributed by atoms with Crippen molar-refractivity contribution < 1.29 is 0 Å². The molecule has 2 rings (SSSR count). The van der Waals surface area contributed by atoms with E-state index in [-0.39, 0.29) is 0 Å². The highest BCUT2D eigenvalue weighted by molar-refractivity contribution is 7.09. The molecule has 1 aromatic heterocycles. The van der Waals surface area contributed by atoms with Crippen molar-refractivity contribution in [3.05, 3.63) is 56.7 Å². The summed E-state index contributed by atoms with van der Waals surface area (Å²) >= 11 is 7.87. The molecule has 1 heterocycles. The predicted molar refractivity (Wildman–Crippen MR) is 85.2 cm³/mol. The van der Waals surface area contributed by atoms with E-state index < -0.39 is 0 Å². The molecule has 0 aliphatic rings. The van der Waals surface area contributed by atoms with Crippen LogP contribution in [-0.4, -0.2) is 6.54 Å². The lowest BCUT2D eigenvalue weighted by Crippen LogP contribution is -2.22. The Morgan fingerprint density at radius 2 is 2.16 bits per heavy atom. The van der Waals surface area contributed by atoms with E-state index in [1.165, 1.54) is 16.0 Å². The first-order chi connectivity index (χ1) is 9.20. The molecule has 1 unspecified atom stereocenters. The van der Waals surface area contributed by atoms with Gasteiger partial charge in [0.05, 0.1) is 0 Å². The van der Waals surface area contributed by atoms with E-state index in [0.717, 1.165) is 24.4 Å². The number of benzene rings is 1. The van der Waals surface area contributed by atoms with Crippen LogP contribution in [0.15, 0.2) is 35.7 Å². The molecule has 2 aromatic rings. The molecule has 0 fully saturated rings. The van der Waals surface area contributed by atoms with E-state index in [1.807, 2.05) is 23.5 Å². The van der Waals surface area contributed by atoms with Crippen LogP contribution < -0.4 is 5.32 Å². The van der Waals surface area contributed by atoms with Crippen LogP contribution in [-0.2, 0) is 6.42 Å². The monoisotopic (exact) mass is 293 g/mol. The normalized spacial score (nSPS) is 12.6. The third kappa shape index (κ3) is 4.07. The van der Waals surface area contributed by atoms with Gasteiger partial charge in [0.15, 0.2) is 0 Å². The quantitative estimate of drug-likeness (QED) is 0.791. The molecular weight excluding hydrogens is 274 g/mol. The van der Waals surface area contributed by atoms with Crippen LogP contribution in [0.5, 0.6) is 0 Å². The Morgan fingerprint density at radius 3 is 2.79 bits per heavy atom. The molecule has 1 atom stereocenters. The Morgan fingerprint density at radius 1 is 1.32 bits per heavy atom. The van der Waals surface area contributed by atoms with Crippen LogP contribution in [0.25, 0.3) is 0 Å². The van der Waals surface area contributed by atoms with E-state index in [4.69, 9.17) is 11.6 Å². The Bertz CT molecular complexity index is 507. The van der Waals surface area contributed by atoms with Gasteiger partial charge in [0.25, 0.3) is 0 Å². The summed E-state index contributed by atoms with van der Waals surface area (Å²) in [6.07, 6.45) is 2.24. The first kappa shape index (κ1) is 14.6. The van der Waals surface area contributed by atoms with Gasteiger partial charge in [-0.3, -0.25) is 0 Å². The van der Waals surface area contributed by atoms with E-state index >= 15 is 0 Å². The lowest BCUT2D eigenvalue weighted by atomic mass is 9.97. The number of halogens is 1. The fraction of sp³-hybridized carbons (Fsp3) is 0.375. The maximum absolute atomic E-state index is 6.04. The number of hydrogen-bond acceptors (Lipinski definition) is 2. The Labute approximate surface area is 124 Å². The van der Waals surface area contributed by atoms with Gasteiger partial charge in [-0.1, -0.05) is 30.7 Å². The van der Waals surface area contributed by atoms with Gasteiger partial charge in [0.1, 0.15) is 0 Å². The molecule has 1 nitrogen and oxygen atoms in total. The summed E-state index contributed by atoms with van der Waals surface area (Å²) in [5, 5.41) is 6.54. The van der Waals surface area contributed by atoms with Gasteiger partial charge in [-0.05, 0) is 61.0 Å². The molecule has 1 N–H and O–H groups in total. The van der Waals surface area contributed by atoms with Crippen LogP contribution >= 0.6 is 22.9 Å². The van der Waals surface area contributed by atoms with Crippen molar-refractivity contribution in [2.75, 3.05) is 6.54 Å². The second kappa shape index (κ2) is 7.09. The maximum atomic E-state index is 6.04. The van der Waals surface area contributed by atoms with E-state index in [1.54, 1.807) is 0 Å². The molecule has 0 radical (unpaired) electrons. The Kier molecular flexibility index (Phi) is 5.44. The molecular formula is C16H20ClNS. The van der Waals surface area contributed by atoms with Gasteiger partial charge >= 0.3 is 0 Å². The second-order valence-corrected chi connectivity index (χ2v) is 6.20. The molecule has 0 amide bonds. The van der Waals surface area contributed by atoms with Gasteiger partial charge in [0, 0.05) is 15.9 Å². The Hall–Kier alpha value is -0.830. The predicted octanol–water partition coefficient (Wildman–Crippen LogP) is 4.99. The van der Waals surface area contributed by atoms with Gasteiger partial charge < -0.3 is 5.32 Å². The fourth-order valence-corrected chi connectivity index (χ4v) is 3.34. The minimum absolute atomic E-state index is 0.407. The molecule has 0 aliphatic carbocycles. The summed E-state index contributed by atoms with van der Waals surface area (Å²) in [5.41, 5.74) is 2.63. The summed E-state index contributed by atoms with van der Waals surface area (Å²) in [6.45, 7) is 5.28. The summed E-state index contributed by atoms with van der Waals surface area (Å²) in [6, 6.07) is 10.9. The van der Waals surface area contributed by atoms with Crippen molar-refractivity contribution in [1.82, 2.24) is 5.32 Å². The van der Waals surface area contributed by atoms with Crippen LogP contribution in [0.1, 0.15) is 35.4 Å². The lowest BCUT2D eigenvalue weighted by Gasteiger charge is -2.20. The molecule has 1 aromatic carbocycles. The minimum atomic E-state index is 0.407. The van der Waals surface area contributed by atoms with Gasteiger partial charge in [0.2, 0.25) is 0 Å². The zero-order valence-electron chi connectivity index (χ0n) is 11.4. The first-order valence-electron chi connectivity index (χ1n) is 6.72. The molecule has 0 saturated carbocycles. The molecule has 102 valence electrons. The summed E-state index contributed by atoms with van der Waals surface area (Å²) < 4.78 is 0. The maximum Gasteiger partial charge on any atom is 0.0408 e. The molecule has 0 saturated heterocycles. The van der Waals surface area contributed by atoms with Crippen LogP contribution in [0.2, 0.25) is 5.02 Å². The van der Waals surface area contributed by atoms with Crippen LogP contribution in [0, 0.1) is 6.92 Å². The average Bonchev–Trinajstić information content (AvgIpc) is 2.88. The molecule has 3 heteroatoms. The van der Waals surface area contributed by atoms with Gasteiger partial charge in [-0.25, -0.2) is 0 Å². The number of thiophene rings is 1. The van der Waals surface area contributed by atoms with E-state index in [9.17, 15) is 0 Å². The number of aryl methyl sites for hydroxylation is 2. The number of hydrogen-bond donors (Lipinski definition) is 1. The highest BCUT2D eigenvalue weighted by Crippen LogP contribution is 2.25. The highest BCUT2D eigenvalue weighted by atomic mass is 35.5. The van der Waals surface area contributed by atoms with Crippen molar-refractivity contribution in [3.63, 3.8) is 0 Å². The minimum Gasteiger partial charge on any atom is -0.310 e. The standard InChI is InChI=1S/C16H20ClNS/c1-3-18-16(9-7-14-5-4-10-19-14)15-8-6-13(17)11-12(15)2/h4-6,8,10-11,16,18H,3,7,9H2,1-2H3. The molecule has 0 aliphatic heterocycles. The van der Waals surface area contributed by atoms with Crippen molar-refractivity contribution in [1.29, 1.82) is 0 Å². The summed E-state index contributed by atoms with van der Waals surface area (Å²) in [5.74, 6) is 0. The van der Waals surface area contributed by atoms with E-state index in [0.29, 0.717) is 6.04 Å². The Balaban J connectivity index is 2.10. The van der Waals surface area contributed by atoms with Gasteiger partial charge in [-0.15, -0.1) is 11.3 Å². The fourth-order valence-electron chi connectivity index (χ4n) is 2.39. The lowest BCUT2D eigenvalue weighted by molar-refractivity contribution is 0.515. The summed E-state index contributed by atoms with van der Waals surface area (Å²) in [7, 11) is 0. The number of rotatable bonds is 6. The largest absolute Gasteiger partial charge is 0.310 e. The van der Waals surface area contributed by atoms with Crippen LogP contribution in [0.3, 0.4) is 0 Å². The summed E-state index contributed by atoms with van der Waals surface area (Å²) in [4.78, 5) is 1.45. The topological polar surface area (TPSA) is 12.0 Å². The van der Waals surface area contributed by atoms with Crippen molar-refractivity contribution in [3.8, 4) is 0 Å². The SMILES string of the molecule is CCNC(CCc1cccs1)c1ccc(Cl)cc1C.